The van der Waals surface area contributed by atoms with Gasteiger partial charge in [0.05, 0.1) is 5.69 Å². The van der Waals surface area contributed by atoms with Gasteiger partial charge in [0.1, 0.15) is 11.6 Å². The number of nitrogens with zero attached hydrogens (tertiary/aromatic N) is 3. The Hall–Kier alpha value is -1.67. The Bertz CT molecular complexity index is 489. The molecule has 1 rings (SSSR count). The summed E-state index contributed by atoms with van der Waals surface area (Å²) in [5, 5.41) is 20.8. The van der Waals surface area contributed by atoms with E-state index in [4.69, 9.17) is 5.73 Å². The smallest absolute Gasteiger partial charge is 0.167 e. The Morgan fingerprint density at radius 2 is 2.00 bits per heavy atom. The van der Waals surface area contributed by atoms with E-state index in [0.29, 0.717) is 23.8 Å². The Labute approximate surface area is 115 Å². The monoisotopic (exact) mass is 261 g/mol. The molecule has 3 N–H and O–H groups in total. The van der Waals surface area contributed by atoms with E-state index >= 15 is 0 Å². The number of hydrogen-bond acceptors (Lipinski definition) is 5. The summed E-state index contributed by atoms with van der Waals surface area (Å²) in [4.78, 5) is 0. The minimum atomic E-state index is -0.282. The molecule has 104 valence electrons. The molecule has 1 aromatic heterocycles. The molecule has 1 aromatic rings. The largest absolute Gasteiger partial charge is 0.361 e. The summed E-state index contributed by atoms with van der Waals surface area (Å²) in [5.41, 5.74) is 7.78. The Balaban J connectivity index is 3.11. The fourth-order valence-electron chi connectivity index (χ4n) is 2.21. The first-order valence-electron chi connectivity index (χ1n) is 6.55. The first-order valence-corrected chi connectivity index (χ1v) is 6.55. The maximum absolute atomic E-state index is 9.29. The molecule has 1 unspecified atom stereocenters. The predicted octanol–water partition coefficient (Wildman–Crippen LogP) is 2.14. The summed E-state index contributed by atoms with van der Waals surface area (Å²) in [7, 11) is 0. The van der Waals surface area contributed by atoms with Crippen LogP contribution >= 0.6 is 0 Å². The van der Waals surface area contributed by atoms with Crippen molar-refractivity contribution in [2.75, 3.05) is 11.9 Å². The van der Waals surface area contributed by atoms with Crippen molar-refractivity contribution in [1.82, 2.24) is 10.2 Å². The van der Waals surface area contributed by atoms with Crippen molar-refractivity contribution in [2.45, 2.75) is 46.6 Å². The summed E-state index contributed by atoms with van der Waals surface area (Å²) in [6.07, 6.45) is 0.906. The topological polar surface area (TPSA) is 87.6 Å². The number of nitrogens with two attached hydrogens (primary N) is 1. The zero-order valence-corrected chi connectivity index (χ0v) is 12.4. The van der Waals surface area contributed by atoms with E-state index in [1.54, 1.807) is 0 Å². The molecule has 0 aliphatic carbocycles. The van der Waals surface area contributed by atoms with Gasteiger partial charge in [-0.2, -0.15) is 10.4 Å². The summed E-state index contributed by atoms with van der Waals surface area (Å²) >= 11 is 0. The van der Waals surface area contributed by atoms with Crippen LogP contribution in [0.1, 0.15) is 44.0 Å². The highest BCUT2D eigenvalue weighted by Crippen LogP contribution is 2.24. The fourth-order valence-corrected chi connectivity index (χ4v) is 2.21. The summed E-state index contributed by atoms with van der Waals surface area (Å²) < 4.78 is 0. The van der Waals surface area contributed by atoms with Crippen LogP contribution in [0, 0.1) is 31.1 Å². The highest BCUT2D eigenvalue weighted by molar-refractivity contribution is 5.57. The Kier molecular flexibility index (Phi) is 4.84. The second kappa shape index (κ2) is 5.98. The van der Waals surface area contributed by atoms with Crippen molar-refractivity contribution < 1.29 is 0 Å². The van der Waals surface area contributed by atoms with Gasteiger partial charge in [0.15, 0.2) is 5.82 Å². The molecule has 0 aliphatic rings. The maximum Gasteiger partial charge on any atom is 0.167 e. The molecule has 0 aromatic carbocycles. The molecule has 0 fully saturated rings. The molecule has 0 amide bonds. The highest BCUT2D eigenvalue weighted by Gasteiger charge is 2.26. The maximum atomic E-state index is 9.29. The third-order valence-corrected chi connectivity index (χ3v) is 3.30. The third-order valence-electron chi connectivity index (χ3n) is 3.30. The molecule has 0 aliphatic heterocycles. The number of nitriles is 1. The van der Waals surface area contributed by atoms with Gasteiger partial charge in [0, 0.05) is 12.1 Å². The van der Waals surface area contributed by atoms with Crippen LogP contribution in [0.4, 0.5) is 5.82 Å². The third kappa shape index (κ3) is 3.65. The molecule has 0 bridgehead atoms. The van der Waals surface area contributed by atoms with Crippen molar-refractivity contribution >= 4 is 5.82 Å². The highest BCUT2D eigenvalue weighted by atomic mass is 15.2. The predicted molar refractivity (Wildman–Crippen MR) is 76.8 cm³/mol. The van der Waals surface area contributed by atoms with Crippen LogP contribution in [0.5, 0.6) is 0 Å². The molecular weight excluding hydrogens is 238 g/mol. The molecule has 0 saturated heterocycles. The van der Waals surface area contributed by atoms with Gasteiger partial charge in [-0.25, -0.2) is 0 Å². The van der Waals surface area contributed by atoms with E-state index in [9.17, 15) is 5.26 Å². The molecule has 5 heteroatoms. The van der Waals surface area contributed by atoms with Gasteiger partial charge in [0.25, 0.3) is 0 Å². The van der Waals surface area contributed by atoms with E-state index < -0.39 is 0 Å². The first kappa shape index (κ1) is 15.4. The van der Waals surface area contributed by atoms with Gasteiger partial charge >= 0.3 is 0 Å². The van der Waals surface area contributed by atoms with Gasteiger partial charge < -0.3 is 11.1 Å². The molecule has 0 radical (unpaired) electrons. The van der Waals surface area contributed by atoms with Crippen LogP contribution in [0.15, 0.2) is 0 Å². The minimum Gasteiger partial charge on any atom is -0.361 e. The quantitative estimate of drug-likeness (QED) is 0.847. The Morgan fingerprint density at radius 3 is 2.47 bits per heavy atom. The molecule has 0 spiro atoms. The number of anilines is 1. The van der Waals surface area contributed by atoms with Crippen LogP contribution in [0.2, 0.25) is 0 Å². The lowest BCUT2D eigenvalue weighted by Crippen LogP contribution is -2.44. The molecule has 0 saturated carbocycles. The summed E-state index contributed by atoms with van der Waals surface area (Å²) in [6.45, 7) is 10.6. The fraction of sp³-hybridized carbons (Fsp3) is 0.643. The molecule has 1 atom stereocenters. The average molecular weight is 261 g/mol. The second-order valence-electron chi connectivity index (χ2n) is 5.73. The van der Waals surface area contributed by atoms with Crippen LogP contribution < -0.4 is 11.1 Å². The van der Waals surface area contributed by atoms with Crippen molar-refractivity contribution in [3.63, 3.8) is 0 Å². The van der Waals surface area contributed by atoms with Crippen molar-refractivity contribution in [1.29, 1.82) is 5.26 Å². The number of hydrogen-bond donors (Lipinski definition) is 2. The zero-order chi connectivity index (χ0) is 14.6. The summed E-state index contributed by atoms with van der Waals surface area (Å²) in [6, 6.07) is 2.20. The zero-order valence-electron chi connectivity index (χ0n) is 12.4. The lowest BCUT2D eigenvalue weighted by Gasteiger charge is -2.32. The van der Waals surface area contributed by atoms with Gasteiger partial charge in [-0.1, -0.05) is 13.8 Å². The normalized spacial score (nSPS) is 14.0. The van der Waals surface area contributed by atoms with E-state index in [2.05, 4.69) is 35.4 Å². The van der Waals surface area contributed by atoms with E-state index in [-0.39, 0.29) is 5.54 Å². The Morgan fingerprint density at radius 1 is 1.37 bits per heavy atom. The number of aryl methyl sites for hydroxylation is 1. The molecule has 19 heavy (non-hydrogen) atoms. The molecular formula is C14H23N5. The SMILES string of the molecule is Cc1nnc(NC(C)(CN)CC(C)C)c(C#N)c1C. The second-order valence-corrected chi connectivity index (χ2v) is 5.73. The molecule has 5 nitrogen and oxygen atoms in total. The van der Waals surface area contributed by atoms with Gasteiger partial charge in [-0.15, -0.1) is 5.10 Å². The number of aromatic nitrogens is 2. The lowest BCUT2D eigenvalue weighted by atomic mass is 9.90. The van der Waals surface area contributed by atoms with Crippen molar-refractivity contribution in [3.8, 4) is 6.07 Å². The summed E-state index contributed by atoms with van der Waals surface area (Å²) in [5.74, 6) is 1.03. The van der Waals surface area contributed by atoms with E-state index in [1.165, 1.54) is 0 Å². The van der Waals surface area contributed by atoms with Crippen molar-refractivity contribution in [2.24, 2.45) is 11.7 Å². The average Bonchev–Trinajstić information content (AvgIpc) is 2.33. The molecule has 1 heterocycles. The van der Waals surface area contributed by atoms with Crippen molar-refractivity contribution in [3.05, 3.63) is 16.8 Å². The van der Waals surface area contributed by atoms with Crippen LogP contribution in [-0.4, -0.2) is 22.3 Å². The standard InChI is InChI=1S/C14H23N5/c1-9(2)6-14(5,8-16)17-13-12(7-15)10(3)11(4)18-19-13/h9H,6,8,16H2,1-5H3,(H,17,19). The van der Waals surface area contributed by atoms with Gasteiger partial charge in [-0.05, 0) is 38.7 Å². The minimum absolute atomic E-state index is 0.282. The number of nitrogens with one attached hydrogen (secondary N) is 1. The van der Waals surface area contributed by atoms with E-state index in [0.717, 1.165) is 17.7 Å². The van der Waals surface area contributed by atoms with Crippen LogP contribution in [0.3, 0.4) is 0 Å². The van der Waals surface area contributed by atoms with Gasteiger partial charge in [0.2, 0.25) is 0 Å². The lowest BCUT2D eigenvalue weighted by molar-refractivity contribution is 0.405. The van der Waals surface area contributed by atoms with E-state index in [1.807, 2.05) is 20.8 Å². The van der Waals surface area contributed by atoms with Crippen LogP contribution in [0.25, 0.3) is 0 Å². The first-order chi connectivity index (χ1) is 8.83. The van der Waals surface area contributed by atoms with Crippen LogP contribution in [-0.2, 0) is 0 Å². The van der Waals surface area contributed by atoms with Gasteiger partial charge in [-0.3, -0.25) is 0 Å². The number of rotatable bonds is 5.